The molecule has 1 saturated heterocycles. The van der Waals surface area contributed by atoms with Crippen LogP contribution in [0, 0.1) is 19.3 Å². The molecule has 69 heavy (non-hydrogen) atoms. The molecule has 0 radical (unpaired) electrons. The minimum Gasteiger partial charge on any atom is -0.494 e. The zero-order chi connectivity index (χ0) is 49.9. The Morgan fingerprint density at radius 2 is 1.26 bits per heavy atom. The van der Waals surface area contributed by atoms with Gasteiger partial charge in [0.15, 0.2) is 0 Å². The fourth-order valence-electron chi connectivity index (χ4n) is 8.67. The Hall–Kier alpha value is -7.75. The number of carbonyl (C=O) groups excluding carboxylic acids is 4. The monoisotopic (exact) mass is 948 g/mol. The van der Waals surface area contributed by atoms with Crippen molar-refractivity contribution >= 4 is 63.7 Å². The van der Waals surface area contributed by atoms with Crippen molar-refractivity contribution in [1.29, 1.82) is 0 Å². The van der Waals surface area contributed by atoms with Gasteiger partial charge in [0.05, 0.1) is 42.2 Å². The number of carbonyl (C=O) groups is 5. The van der Waals surface area contributed by atoms with E-state index in [-0.39, 0.29) is 54.2 Å². The number of hydrogen-bond donors (Lipinski definition) is 5. The first kappa shape index (κ1) is 49.2. The third kappa shape index (κ3) is 10.5. The fourth-order valence-corrected chi connectivity index (χ4v) is 8.67. The largest absolute Gasteiger partial charge is 0.494 e. The smallest absolute Gasteiger partial charge is 0.407 e. The lowest BCUT2D eigenvalue weighted by Gasteiger charge is -2.46. The number of aryl methyl sites for hydroxylation is 4. The number of anilines is 2. The molecule has 0 spiro atoms. The molecule has 5 amide bonds. The lowest BCUT2D eigenvalue weighted by molar-refractivity contribution is 0.0203. The van der Waals surface area contributed by atoms with Crippen LogP contribution >= 0.6 is 0 Å². The topological polar surface area (TPSA) is 278 Å². The minimum atomic E-state index is -0.930. The number of amides is 5. The third-order valence-electron chi connectivity index (χ3n) is 12.1. The number of methoxy groups -OCH3 is 1. The molecule has 1 unspecified atom stereocenters. The average molecular weight is 949 g/mol. The number of hydrogen-bond acceptors (Lipinski definition) is 12. The molecule has 7 rings (SSSR count). The standard InChI is InChI=1S/C47H60N14O8/c1-9-60-33(20-27(3)54-60)42(64)52-44-50-31-22-29(40(48)62)24-35(68-8)38(31)58(44)15-11-12-16-59-39-32(51-45(59)53-43(65)34-21-28(4)55-61(34)10-2)23-30(41(49)63)25-36(39)69-19-13-14-56-17-18-57(46(66)67)37(26-56)47(5,6)7/h11-12,20-25,37H,9-10,13-19,26H2,1-8H3,(H2,48,62)(H2,49,63)(H,66,67)(H,50,52,64)(H,51,53,65). The van der Waals surface area contributed by atoms with Crippen molar-refractivity contribution in [2.45, 2.75) is 87.1 Å². The summed E-state index contributed by atoms with van der Waals surface area (Å²) in [6.45, 7) is 17.0. The van der Waals surface area contributed by atoms with E-state index in [0.29, 0.717) is 102 Å². The maximum absolute atomic E-state index is 13.9. The number of fused-ring (bicyclic) bond motifs is 2. The van der Waals surface area contributed by atoms with Crippen LogP contribution in [0.15, 0.2) is 48.6 Å². The lowest BCUT2D eigenvalue weighted by atomic mass is 9.84. The Morgan fingerprint density at radius 1 is 0.768 bits per heavy atom. The summed E-state index contributed by atoms with van der Waals surface area (Å²) in [5.41, 5.74) is 15.2. The molecule has 7 N–H and O–H groups in total. The van der Waals surface area contributed by atoms with E-state index in [1.807, 2.05) is 46.8 Å². The molecular weight excluding hydrogens is 889 g/mol. The summed E-state index contributed by atoms with van der Waals surface area (Å²) in [6, 6.07) is 9.30. The van der Waals surface area contributed by atoms with Crippen molar-refractivity contribution < 1.29 is 38.6 Å². The molecular formula is C47H60N14O8. The number of allylic oxidation sites excluding steroid dienone is 2. The number of aromatic nitrogens is 8. The molecule has 22 nitrogen and oxygen atoms in total. The van der Waals surface area contributed by atoms with E-state index in [0.717, 1.165) is 0 Å². The molecule has 22 heteroatoms. The first-order valence-electron chi connectivity index (χ1n) is 22.7. The molecule has 0 aliphatic carbocycles. The number of nitrogens with two attached hydrogens (primary N) is 2. The zero-order valence-electron chi connectivity index (χ0n) is 40.2. The van der Waals surface area contributed by atoms with Gasteiger partial charge in [-0.1, -0.05) is 32.9 Å². The van der Waals surface area contributed by atoms with Gasteiger partial charge in [0, 0.05) is 63.5 Å². The third-order valence-corrected chi connectivity index (χ3v) is 12.1. The van der Waals surface area contributed by atoms with Crippen LogP contribution in [0.3, 0.4) is 0 Å². The highest BCUT2D eigenvalue weighted by molar-refractivity contribution is 6.05. The summed E-state index contributed by atoms with van der Waals surface area (Å²) in [5.74, 6) is -1.36. The maximum atomic E-state index is 13.9. The summed E-state index contributed by atoms with van der Waals surface area (Å²) in [6.07, 6.45) is 3.31. The molecule has 5 heterocycles. The molecule has 4 aromatic heterocycles. The van der Waals surface area contributed by atoms with Crippen molar-refractivity contribution in [3.63, 3.8) is 0 Å². The summed E-state index contributed by atoms with van der Waals surface area (Å²) in [7, 11) is 1.45. The summed E-state index contributed by atoms with van der Waals surface area (Å²) < 4.78 is 18.8. The van der Waals surface area contributed by atoms with Crippen molar-refractivity contribution in [1.82, 2.24) is 48.5 Å². The molecule has 1 fully saturated rings. The highest BCUT2D eigenvalue weighted by atomic mass is 16.5. The molecule has 366 valence electrons. The minimum absolute atomic E-state index is 0.124. The van der Waals surface area contributed by atoms with Gasteiger partial charge in [-0.15, -0.1) is 0 Å². The predicted octanol–water partition coefficient (Wildman–Crippen LogP) is 4.88. The van der Waals surface area contributed by atoms with Crippen LogP contribution in [0.4, 0.5) is 16.7 Å². The average Bonchev–Trinajstić information content (AvgIpc) is 4.07. The Bertz CT molecular complexity index is 2970. The summed E-state index contributed by atoms with van der Waals surface area (Å²) in [5, 5.41) is 24.6. The lowest BCUT2D eigenvalue weighted by Crippen LogP contribution is -2.59. The van der Waals surface area contributed by atoms with Gasteiger partial charge in [-0.25, -0.2) is 14.8 Å². The van der Waals surface area contributed by atoms with Crippen molar-refractivity contribution in [2.75, 3.05) is 50.5 Å². The second-order valence-corrected chi connectivity index (χ2v) is 17.9. The maximum Gasteiger partial charge on any atom is 0.407 e. The molecule has 1 aliphatic rings. The van der Waals surface area contributed by atoms with E-state index in [4.69, 9.17) is 30.9 Å². The van der Waals surface area contributed by atoms with Gasteiger partial charge in [0.1, 0.15) is 33.9 Å². The highest BCUT2D eigenvalue weighted by Crippen LogP contribution is 2.34. The van der Waals surface area contributed by atoms with E-state index < -0.39 is 29.7 Å². The van der Waals surface area contributed by atoms with Crippen molar-refractivity contribution in [3.8, 4) is 11.5 Å². The fraction of sp³-hybridized carbons (Fsp3) is 0.426. The number of benzene rings is 2. The van der Waals surface area contributed by atoms with Crippen LogP contribution in [-0.2, 0) is 26.2 Å². The van der Waals surface area contributed by atoms with E-state index in [2.05, 4.69) is 25.7 Å². The van der Waals surface area contributed by atoms with Crippen molar-refractivity contribution in [2.24, 2.45) is 16.9 Å². The zero-order valence-corrected chi connectivity index (χ0v) is 40.2. The second kappa shape index (κ2) is 20.2. The number of piperazine rings is 1. The van der Waals surface area contributed by atoms with Gasteiger partial charge in [-0.3, -0.25) is 44.1 Å². The van der Waals surface area contributed by atoms with Gasteiger partial charge >= 0.3 is 6.09 Å². The number of rotatable bonds is 18. The van der Waals surface area contributed by atoms with E-state index in [1.54, 1.807) is 56.6 Å². The number of carboxylic acid groups (broad SMARTS) is 1. The number of nitrogens with zero attached hydrogens (tertiary/aromatic N) is 10. The number of nitrogens with one attached hydrogen (secondary N) is 2. The molecule has 6 aromatic rings. The normalized spacial score (nSPS) is 14.5. The number of primary amides is 2. The van der Waals surface area contributed by atoms with Crippen molar-refractivity contribution in [3.05, 3.63) is 82.5 Å². The molecule has 0 saturated carbocycles. The van der Waals surface area contributed by atoms with Crippen LogP contribution in [-0.4, -0.2) is 129 Å². The van der Waals surface area contributed by atoms with Gasteiger partial charge < -0.3 is 40.1 Å². The second-order valence-electron chi connectivity index (χ2n) is 17.9. The molecule has 2 aromatic carbocycles. The molecule has 0 bridgehead atoms. The van der Waals surface area contributed by atoms with Gasteiger partial charge in [0.25, 0.3) is 11.8 Å². The summed E-state index contributed by atoms with van der Waals surface area (Å²) in [4.78, 5) is 77.9. The predicted molar refractivity (Wildman–Crippen MR) is 258 cm³/mol. The van der Waals surface area contributed by atoms with E-state index in [9.17, 15) is 29.1 Å². The van der Waals surface area contributed by atoms with Crippen LogP contribution in [0.1, 0.15) is 94.1 Å². The van der Waals surface area contributed by atoms with E-state index >= 15 is 0 Å². The highest BCUT2D eigenvalue weighted by Gasteiger charge is 2.38. The Kier molecular flexibility index (Phi) is 14.4. The van der Waals surface area contributed by atoms with Crippen LogP contribution < -0.4 is 31.6 Å². The van der Waals surface area contributed by atoms with Gasteiger partial charge in [-0.05, 0) is 75.9 Å². The quantitative estimate of drug-likeness (QED) is 0.0568. The Balaban J connectivity index is 1.23. The first-order valence-corrected chi connectivity index (χ1v) is 22.7. The van der Waals surface area contributed by atoms with Crippen LogP contribution in [0.5, 0.6) is 11.5 Å². The molecule has 1 aliphatic heterocycles. The molecule has 1 atom stereocenters. The number of imidazole rings is 2. The summed E-state index contributed by atoms with van der Waals surface area (Å²) >= 11 is 0. The van der Waals surface area contributed by atoms with Crippen LogP contribution in [0.2, 0.25) is 0 Å². The Labute approximate surface area is 398 Å². The van der Waals surface area contributed by atoms with E-state index in [1.165, 1.54) is 24.1 Å². The first-order chi connectivity index (χ1) is 32.8. The van der Waals surface area contributed by atoms with Gasteiger partial charge in [0.2, 0.25) is 23.7 Å². The van der Waals surface area contributed by atoms with Gasteiger partial charge in [-0.2, -0.15) is 10.2 Å². The SMILES string of the molecule is CCn1nc(C)cc1C(=O)Nc1nc2cc(C(N)=O)cc(OC)c2n1CC=CCn1c(NC(=O)c2cc(C)nn2CC)nc2cc(C(N)=O)cc(OCCCN3CCN(C(=O)O)C(C(C)(C)C)C3)c21. The number of ether oxygens (including phenoxy) is 2. The Morgan fingerprint density at radius 3 is 1.71 bits per heavy atom. The van der Waals surface area contributed by atoms with Crippen LogP contribution in [0.25, 0.3) is 22.1 Å².